The molecule has 0 atom stereocenters. The smallest absolute Gasteiger partial charge is 0.161 e. The fourth-order valence-electron chi connectivity index (χ4n) is 1.50. The fraction of sp³-hybridized carbons (Fsp3) is 0.571. The number of thioether (sulfide) groups is 1. The Morgan fingerprint density at radius 1 is 1.28 bits per heavy atom. The van der Waals surface area contributed by atoms with Crippen LogP contribution in [0.1, 0.15) is 19.4 Å². The van der Waals surface area contributed by atoms with E-state index in [0.717, 1.165) is 23.8 Å². The SMILES string of the molecule is COc1ccc(CNC(C)C)cc1OCCSC. The van der Waals surface area contributed by atoms with E-state index in [1.807, 2.05) is 6.07 Å². The molecule has 0 radical (unpaired) electrons. The van der Waals surface area contributed by atoms with Crippen molar-refractivity contribution in [2.75, 3.05) is 25.7 Å². The number of hydrogen-bond donors (Lipinski definition) is 1. The second kappa shape index (κ2) is 8.27. The van der Waals surface area contributed by atoms with Crippen molar-refractivity contribution >= 4 is 11.8 Å². The highest BCUT2D eigenvalue weighted by molar-refractivity contribution is 7.98. The zero-order chi connectivity index (χ0) is 13.4. The van der Waals surface area contributed by atoms with E-state index in [2.05, 4.69) is 37.6 Å². The molecule has 3 nitrogen and oxygen atoms in total. The Bertz CT molecular complexity index is 356. The van der Waals surface area contributed by atoms with E-state index >= 15 is 0 Å². The van der Waals surface area contributed by atoms with Gasteiger partial charge < -0.3 is 14.8 Å². The molecule has 0 aliphatic heterocycles. The van der Waals surface area contributed by atoms with E-state index in [0.29, 0.717) is 12.6 Å². The van der Waals surface area contributed by atoms with Crippen LogP contribution < -0.4 is 14.8 Å². The van der Waals surface area contributed by atoms with Crippen LogP contribution in [0, 0.1) is 0 Å². The monoisotopic (exact) mass is 269 g/mol. The molecule has 0 aliphatic rings. The Morgan fingerprint density at radius 3 is 2.67 bits per heavy atom. The Balaban J connectivity index is 2.68. The molecule has 0 saturated heterocycles. The molecule has 1 aromatic carbocycles. The first-order chi connectivity index (χ1) is 8.67. The maximum Gasteiger partial charge on any atom is 0.161 e. The molecular formula is C14H23NO2S. The summed E-state index contributed by atoms with van der Waals surface area (Å²) >= 11 is 1.77. The molecule has 0 amide bonds. The minimum absolute atomic E-state index is 0.480. The minimum atomic E-state index is 0.480. The highest BCUT2D eigenvalue weighted by Gasteiger charge is 2.06. The van der Waals surface area contributed by atoms with Crippen LogP contribution in [-0.2, 0) is 6.54 Å². The van der Waals surface area contributed by atoms with E-state index < -0.39 is 0 Å². The van der Waals surface area contributed by atoms with Gasteiger partial charge in [0.05, 0.1) is 13.7 Å². The van der Waals surface area contributed by atoms with E-state index in [4.69, 9.17) is 9.47 Å². The highest BCUT2D eigenvalue weighted by atomic mass is 32.2. The summed E-state index contributed by atoms with van der Waals surface area (Å²) in [6.07, 6.45) is 2.07. The maximum atomic E-state index is 5.74. The average molecular weight is 269 g/mol. The lowest BCUT2D eigenvalue weighted by Gasteiger charge is -2.13. The number of rotatable bonds is 8. The lowest BCUT2D eigenvalue weighted by Crippen LogP contribution is -2.21. The number of hydrogen-bond acceptors (Lipinski definition) is 4. The molecule has 1 rings (SSSR count). The van der Waals surface area contributed by atoms with Gasteiger partial charge in [0, 0.05) is 18.3 Å². The molecule has 18 heavy (non-hydrogen) atoms. The van der Waals surface area contributed by atoms with E-state index in [1.165, 1.54) is 5.56 Å². The summed E-state index contributed by atoms with van der Waals surface area (Å²) in [6.45, 7) is 5.83. The van der Waals surface area contributed by atoms with Crippen LogP contribution in [0.4, 0.5) is 0 Å². The summed E-state index contributed by atoms with van der Waals surface area (Å²) in [6, 6.07) is 6.56. The zero-order valence-corrected chi connectivity index (χ0v) is 12.5. The number of benzene rings is 1. The first kappa shape index (κ1) is 15.2. The van der Waals surface area contributed by atoms with Crippen LogP contribution in [0.5, 0.6) is 11.5 Å². The van der Waals surface area contributed by atoms with Crippen molar-refractivity contribution in [2.24, 2.45) is 0 Å². The van der Waals surface area contributed by atoms with Crippen LogP contribution in [-0.4, -0.2) is 31.8 Å². The number of ether oxygens (including phenoxy) is 2. The third kappa shape index (κ3) is 5.19. The Hall–Kier alpha value is -0.870. The molecule has 1 N–H and O–H groups in total. The topological polar surface area (TPSA) is 30.5 Å². The van der Waals surface area contributed by atoms with Gasteiger partial charge in [-0.2, -0.15) is 11.8 Å². The van der Waals surface area contributed by atoms with E-state index in [9.17, 15) is 0 Å². The Labute approximate surface area is 114 Å². The minimum Gasteiger partial charge on any atom is -0.493 e. The van der Waals surface area contributed by atoms with E-state index in [1.54, 1.807) is 18.9 Å². The van der Waals surface area contributed by atoms with Crippen LogP contribution >= 0.6 is 11.8 Å². The first-order valence-electron chi connectivity index (χ1n) is 6.19. The summed E-state index contributed by atoms with van der Waals surface area (Å²) in [5, 5.41) is 3.39. The van der Waals surface area contributed by atoms with Crippen molar-refractivity contribution in [3.63, 3.8) is 0 Å². The molecule has 0 unspecified atom stereocenters. The van der Waals surface area contributed by atoms with Gasteiger partial charge in [0.2, 0.25) is 0 Å². The van der Waals surface area contributed by atoms with Gasteiger partial charge in [0.25, 0.3) is 0 Å². The Morgan fingerprint density at radius 2 is 2.06 bits per heavy atom. The van der Waals surface area contributed by atoms with Gasteiger partial charge in [0.1, 0.15) is 0 Å². The zero-order valence-electron chi connectivity index (χ0n) is 11.7. The van der Waals surface area contributed by atoms with Crippen LogP contribution in [0.15, 0.2) is 18.2 Å². The van der Waals surface area contributed by atoms with Gasteiger partial charge in [-0.25, -0.2) is 0 Å². The summed E-state index contributed by atoms with van der Waals surface area (Å²) in [7, 11) is 1.67. The predicted octanol–water partition coefficient (Wildman–Crippen LogP) is 2.94. The number of methoxy groups -OCH3 is 1. The molecule has 0 spiro atoms. The van der Waals surface area contributed by atoms with Crippen molar-refractivity contribution < 1.29 is 9.47 Å². The lowest BCUT2D eigenvalue weighted by atomic mass is 10.2. The molecule has 0 heterocycles. The predicted molar refractivity (Wildman–Crippen MR) is 78.8 cm³/mol. The maximum absolute atomic E-state index is 5.74. The molecule has 102 valence electrons. The van der Waals surface area contributed by atoms with E-state index in [-0.39, 0.29) is 0 Å². The third-order valence-electron chi connectivity index (χ3n) is 2.49. The van der Waals surface area contributed by atoms with Crippen molar-refractivity contribution in [3.05, 3.63) is 23.8 Å². The van der Waals surface area contributed by atoms with Gasteiger partial charge >= 0.3 is 0 Å². The molecule has 0 fully saturated rings. The van der Waals surface area contributed by atoms with Crippen molar-refractivity contribution in [1.82, 2.24) is 5.32 Å². The van der Waals surface area contributed by atoms with Crippen LogP contribution in [0.3, 0.4) is 0 Å². The van der Waals surface area contributed by atoms with Gasteiger partial charge in [-0.3, -0.25) is 0 Å². The van der Waals surface area contributed by atoms with Gasteiger partial charge in [-0.05, 0) is 24.0 Å². The molecule has 0 saturated carbocycles. The highest BCUT2D eigenvalue weighted by Crippen LogP contribution is 2.28. The summed E-state index contributed by atoms with van der Waals surface area (Å²) in [4.78, 5) is 0. The average Bonchev–Trinajstić information content (AvgIpc) is 2.37. The third-order valence-corrected chi connectivity index (χ3v) is 3.06. The number of nitrogens with one attached hydrogen (secondary N) is 1. The summed E-state index contributed by atoms with van der Waals surface area (Å²) in [5.41, 5.74) is 1.21. The fourth-order valence-corrected chi connectivity index (χ4v) is 1.75. The summed E-state index contributed by atoms with van der Waals surface area (Å²) in [5.74, 6) is 2.61. The molecule has 1 aromatic rings. The first-order valence-corrected chi connectivity index (χ1v) is 7.58. The van der Waals surface area contributed by atoms with Gasteiger partial charge in [-0.15, -0.1) is 0 Å². The summed E-state index contributed by atoms with van der Waals surface area (Å²) < 4.78 is 11.0. The van der Waals surface area contributed by atoms with Gasteiger partial charge in [0.15, 0.2) is 11.5 Å². The standard InChI is InChI=1S/C14H23NO2S/c1-11(2)15-10-12-5-6-13(16-3)14(9-12)17-7-8-18-4/h5-6,9,11,15H,7-8,10H2,1-4H3. The van der Waals surface area contributed by atoms with Crippen molar-refractivity contribution in [3.8, 4) is 11.5 Å². The quantitative estimate of drug-likeness (QED) is 0.735. The van der Waals surface area contributed by atoms with Crippen molar-refractivity contribution in [2.45, 2.75) is 26.4 Å². The molecule has 0 aromatic heterocycles. The molecule has 0 aliphatic carbocycles. The molecular weight excluding hydrogens is 246 g/mol. The second-order valence-electron chi connectivity index (χ2n) is 4.36. The van der Waals surface area contributed by atoms with Crippen molar-refractivity contribution in [1.29, 1.82) is 0 Å². The van der Waals surface area contributed by atoms with Crippen LogP contribution in [0.25, 0.3) is 0 Å². The molecule has 4 heteroatoms. The largest absolute Gasteiger partial charge is 0.493 e. The normalized spacial score (nSPS) is 10.7. The van der Waals surface area contributed by atoms with Crippen LogP contribution in [0.2, 0.25) is 0 Å². The lowest BCUT2D eigenvalue weighted by molar-refractivity contribution is 0.313. The molecule has 0 bridgehead atoms. The van der Waals surface area contributed by atoms with Gasteiger partial charge in [-0.1, -0.05) is 19.9 Å². The Kier molecular flexibility index (Phi) is 6.98. The second-order valence-corrected chi connectivity index (χ2v) is 5.35.